The summed E-state index contributed by atoms with van der Waals surface area (Å²) >= 11 is 6.04. The number of aryl methyl sites for hydroxylation is 1. The third-order valence-corrected chi connectivity index (χ3v) is 5.65. The second-order valence-corrected chi connectivity index (χ2v) is 8.10. The number of rotatable bonds is 4. The van der Waals surface area contributed by atoms with E-state index in [9.17, 15) is 41.6 Å². The summed E-state index contributed by atoms with van der Waals surface area (Å²) in [6, 6.07) is 6.64. The van der Waals surface area contributed by atoms with Gasteiger partial charge in [0.15, 0.2) is 11.4 Å². The number of carbonyl (C=O) groups is 2. The van der Waals surface area contributed by atoms with Crippen LogP contribution < -0.4 is 11.1 Å². The van der Waals surface area contributed by atoms with Gasteiger partial charge >= 0.3 is 11.9 Å². The lowest BCUT2D eigenvalue weighted by atomic mass is 9.95. The molecule has 13 heteroatoms. The SMILES string of the molecule is Cn1c(=O)oc2cc(NC(=O)c3cc(F)cc(C(F)(F)F)c3)c(C(=O)c3cc(F)ccc3Cl)c(C#N)c21. The lowest BCUT2D eigenvalue weighted by molar-refractivity contribution is -0.137. The largest absolute Gasteiger partial charge is 0.419 e. The van der Waals surface area contributed by atoms with Crippen LogP contribution in [0.25, 0.3) is 11.1 Å². The first-order valence-corrected chi connectivity index (χ1v) is 10.4. The summed E-state index contributed by atoms with van der Waals surface area (Å²) in [6.07, 6.45) is -4.97. The first-order chi connectivity index (χ1) is 17.3. The highest BCUT2D eigenvalue weighted by Gasteiger charge is 2.32. The molecule has 1 heterocycles. The summed E-state index contributed by atoms with van der Waals surface area (Å²) in [5.74, 6) is -5.48. The minimum Gasteiger partial charge on any atom is -0.408 e. The number of amides is 1. The molecule has 0 aliphatic rings. The maximum Gasteiger partial charge on any atom is 0.419 e. The van der Waals surface area contributed by atoms with Gasteiger partial charge in [0.1, 0.15) is 23.2 Å². The standard InChI is InChI=1S/C24H11ClF5N3O4/c1-33-20-15(9-31)19(21(34)14-7-12(26)2-3-16(14)25)17(8-18(20)37-23(33)36)32-22(35)10-4-11(24(28,29)30)6-13(27)5-10/h2-8H,1H3,(H,32,35). The van der Waals surface area contributed by atoms with Crippen molar-refractivity contribution in [3.8, 4) is 6.07 Å². The molecule has 1 aromatic heterocycles. The maximum atomic E-state index is 13.9. The summed E-state index contributed by atoms with van der Waals surface area (Å²) in [4.78, 5) is 38.4. The van der Waals surface area contributed by atoms with E-state index in [4.69, 9.17) is 16.0 Å². The fourth-order valence-electron chi connectivity index (χ4n) is 3.64. The van der Waals surface area contributed by atoms with Gasteiger partial charge in [0.2, 0.25) is 0 Å². The van der Waals surface area contributed by atoms with Crippen molar-refractivity contribution in [3.63, 3.8) is 0 Å². The lowest BCUT2D eigenvalue weighted by Crippen LogP contribution is -2.18. The van der Waals surface area contributed by atoms with Gasteiger partial charge in [-0.15, -0.1) is 0 Å². The molecular weight excluding hydrogens is 525 g/mol. The number of fused-ring (bicyclic) bond motifs is 1. The summed E-state index contributed by atoms with van der Waals surface area (Å²) in [5, 5.41) is 11.8. The van der Waals surface area contributed by atoms with Crippen LogP contribution in [-0.4, -0.2) is 16.3 Å². The Morgan fingerprint density at radius 3 is 2.43 bits per heavy atom. The van der Waals surface area contributed by atoms with Gasteiger partial charge < -0.3 is 9.73 Å². The molecule has 1 N–H and O–H groups in total. The van der Waals surface area contributed by atoms with Gasteiger partial charge in [-0.3, -0.25) is 14.2 Å². The molecule has 0 radical (unpaired) electrons. The summed E-state index contributed by atoms with van der Waals surface area (Å²) in [7, 11) is 1.24. The van der Waals surface area contributed by atoms with Crippen LogP contribution in [-0.2, 0) is 13.2 Å². The van der Waals surface area contributed by atoms with E-state index < -0.39 is 68.8 Å². The Hall–Kier alpha value is -4.50. The number of oxazole rings is 1. The number of nitrogens with one attached hydrogen (secondary N) is 1. The molecule has 0 aliphatic heterocycles. The number of hydrogen-bond acceptors (Lipinski definition) is 5. The fraction of sp³-hybridized carbons (Fsp3) is 0.0833. The molecule has 0 bridgehead atoms. The molecule has 0 unspecified atom stereocenters. The van der Waals surface area contributed by atoms with E-state index in [1.807, 2.05) is 0 Å². The number of carbonyl (C=O) groups excluding carboxylic acids is 2. The number of anilines is 1. The van der Waals surface area contributed by atoms with Gasteiger partial charge in [-0.25, -0.2) is 13.6 Å². The van der Waals surface area contributed by atoms with Crippen molar-refractivity contribution >= 4 is 40.1 Å². The van der Waals surface area contributed by atoms with Crippen molar-refractivity contribution < 1.29 is 36.0 Å². The van der Waals surface area contributed by atoms with Crippen LogP contribution in [0.4, 0.5) is 27.6 Å². The molecule has 4 rings (SSSR count). The van der Waals surface area contributed by atoms with Crippen molar-refractivity contribution in [1.82, 2.24) is 4.57 Å². The molecule has 1 amide bonds. The van der Waals surface area contributed by atoms with Crippen molar-refractivity contribution in [2.75, 3.05) is 5.32 Å². The first kappa shape index (κ1) is 25.6. The van der Waals surface area contributed by atoms with Crippen LogP contribution in [0.5, 0.6) is 0 Å². The minimum absolute atomic E-state index is 0.147. The van der Waals surface area contributed by atoms with Crippen LogP contribution in [0.1, 0.15) is 37.4 Å². The molecule has 0 aliphatic carbocycles. The number of nitriles is 1. The molecule has 37 heavy (non-hydrogen) atoms. The molecule has 0 atom stereocenters. The highest BCUT2D eigenvalue weighted by molar-refractivity contribution is 6.35. The molecule has 0 spiro atoms. The highest BCUT2D eigenvalue weighted by Crippen LogP contribution is 2.34. The molecule has 0 fully saturated rings. The molecule has 3 aromatic carbocycles. The molecule has 0 saturated carbocycles. The molecule has 188 valence electrons. The van der Waals surface area contributed by atoms with Gasteiger partial charge in [-0.1, -0.05) is 11.6 Å². The number of nitrogens with zero attached hydrogens (tertiary/aromatic N) is 2. The van der Waals surface area contributed by atoms with Crippen LogP contribution in [0, 0.1) is 23.0 Å². The van der Waals surface area contributed by atoms with E-state index in [1.165, 1.54) is 7.05 Å². The van der Waals surface area contributed by atoms with E-state index in [1.54, 1.807) is 6.07 Å². The second kappa shape index (κ2) is 9.18. The van der Waals surface area contributed by atoms with E-state index in [0.29, 0.717) is 12.1 Å². The van der Waals surface area contributed by atoms with Gasteiger partial charge in [0, 0.05) is 24.2 Å². The van der Waals surface area contributed by atoms with Crippen LogP contribution in [0.2, 0.25) is 5.02 Å². The van der Waals surface area contributed by atoms with Gasteiger partial charge in [0.25, 0.3) is 5.91 Å². The van der Waals surface area contributed by atoms with Crippen LogP contribution >= 0.6 is 11.6 Å². The average Bonchev–Trinajstić information content (AvgIpc) is 3.11. The van der Waals surface area contributed by atoms with Gasteiger partial charge in [-0.05, 0) is 36.4 Å². The lowest BCUT2D eigenvalue weighted by Gasteiger charge is -2.15. The predicted octanol–water partition coefficient (Wildman–Crippen LogP) is 5.44. The van der Waals surface area contributed by atoms with Crippen LogP contribution in [0.15, 0.2) is 51.7 Å². The first-order valence-electron chi connectivity index (χ1n) is 10.1. The van der Waals surface area contributed by atoms with Crippen molar-refractivity contribution in [3.05, 3.63) is 97.5 Å². The minimum atomic E-state index is -4.97. The second-order valence-electron chi connectivity index (χ2n) is 7.69. The zero-order chi connectivity index (χ0) is 27.2. The molecule has 7 nitrogen and oxygen atoms in total. The monoisotopic (exact) mass is 535 g/mol. The average molecular weight is 536 g/mol. The van der Waals surface area contributed by atoms with Crippen molar-refractivity contribution in [2.45, 2.75) is 6.18 Å². The smallest absolute Gasteiger partial charge is 0.408 e. The third-order valence-electron chi connectivity index (χ3n) is 5.32. The van der Waals surface area contributed by atoms with Gasteiger partial charge in [-0.2, -0.15) is 18.4 Å². The number of alkyl halides is 3. The summed E-state index contributed by atoms with van der Waals surface area (Å²) < 4.78 is 73.0. The predicted molar refractivity (Wildman–Crippen MR) is 120 cm³/mol. The number of halogens is 6. The Labute approximate surface area is 208 Å². The molecular formula is C24H11ClF5N3O4. The third kappa shape index (κ3) is 4.68. The Kier molecular flexibility index (Phi) is 6.35. The van der Waals surface area contributed by atoms with Gasteiger partial charge in [0.05, 0.1) is 27.4 Å². The normalized spacial score (nSPS) is 11.4. The Morgan fingerprint density at radius 2 is 1.78 bits per heavy atom. The number of ketones is 1. The number of aromatic nitrogens is 1. The van der Waals surface area contributed by atoms with Crippen molar-refractivity contribution in [1.29, 1.82) is 5.26 Å². The highest BCUT2D eigenvalue weighted by atomic mass is 35.5. The molecule has 4 aromatic rings. The molecule has 0 saturated heterocycles. The Bertz CT molecular complexity index is 1720. The summed E-state index contributed by atoms with van der Waals surface area (Å²) in [5.41, 5.74) is -4.52. The van der Waals surface area contributed by atoms with E-state index in [-0.39, 0.29) is 22.2 Å². The van der Waals surface area contributed by atoms with Crippen LogP contribution in [0.3, 0.4) is 0 Å². The summed E-state index contributed by atoms with van der Waals surface area (Å²) in [6.45, 7) is 0. The van der Waals surface area contributed by atoms with E-state index in [2.05, 4.69) is 5.32 Å². The quantitative estimate of drug-likeness (QED) is 0.277. The van der Waals surface area contributed by atoms with E-state index >= 15 is 0 Å². The Balaban J connectivity index is 1.95. The Morgan fingerprint density at radius 1 is 1.08 bits per heavy atom. The topological polar surface area (TPSA) is 105 Å². The number of benzene rings is 3. The number of hydrogen-bond donors (Lipinski definition) is 1. The maximum absolute atomic E-state index is 13.9. The fourth-order valence-corrected chi connectivity index (χ4v) is 3.84. The van der Waals surface area contributed by atoms with E-state index in [0.717, 1.165) is 28.8 Å². The zero-order valence-electron chi connectivity index (χ0n) is 18.3. The van der Waals surface area contributed by atoms with Crippen molar-refractivity contribution in [2.24, 2.45) is 7.05 Å². The zero-order valence-corrected chi connectivity index (χ0v) is 19.1.